The molecule has 0 bridgehead atoms. The number of carbonyl (C=O) groups is 1. The number of hydrogen-bond donors (Lipinski definition) is 1. The van der Waals surface area contributed by atoms with Gasteiger partial charge in [0, 0.05) is 18.2 Å². The summed E-state index contributed by atoms with van der Waals surface area (Å²) in [6.45, 7) is 4.37. The van der Waals surface area contributed by atoms with Crippen LogP contribution in [0.25, 0.3) is 0 Å². The fourth-order valence-corrected chi connectivity index (χ4v) is 3.27. The van der Waals surface area contributed by atoms with Gasteiger partial charge in [-0.25, -0.2) is 0 Å². The van der Waals surface area contributed by atoms with Gasteiger partial charge in [-0.05, 0) is 47.3 Å². The Labute approximate surface area is 111 Å². The van der Waals surface area contributed by atoms with Crippen LogP contribution in [0.3, 0.4) is 0 Å². The maximum atomic E-state index is 11.9. The molecule has 90 valence electrons. The van der Waals surface area contributed by atoms with Crippen molar-refractivity contribution in [2.45, 2.75) is 58.4 Å². The first-order valence-electron chi connectivity index (χ1n) is 6.16. The predicted molar refractivity (Wildman–Crippen MR) is 74.5 cm³/mol. The summed E-state index contributed by atoms with van der Waals surface area (Å²) in [5.41, 5.74) is 1.33. The Kier molecular flexibility index (Phi) is 3.62. The Hall–Kier alpha value is -0.0600. The maximum absolute atomic E-state index is 11.9. The lowest BCUT2D eigenvalue weighted by Gasteiger charge is -2.32. The lowest BCUT2D eigenvalue weighted by Crippen LogP contribution is -2.34. The first-order valence-corrected chi connectivity index (χ1v) is 7.24. The van der Waals surface area contributed by atoms with Crippen LogP contribution in [0.15, 0.2) is 9.28 Å². The number of hydrogen-bond acceptors (Lipinski definition) is 2. The second kappa shape index (κ2) is 4.67. The summed E-state index contributed by atoms with van der Waals surface area (Å²) in [5.74, 6) is 0.317. The summed E-state index contributed by atoms with van der Waals surface area (Å²) in [5, 5.41) is 3.60. The highest BCUT2D eigenvalue weighted by Crippen LogP contribution is 2.38. The van der Waals surface area contributed by atoms with E-state index in [1.165, 1.54) is 31.4 Å². The number of nitrogens with one attached hydrogen (secondary N) is 1. The summed E-state index contributed by atoms with van der Waals surface area (Å²) < 4.78 is 0.948. The van der Waals surface area contributed by atoms with E-state index < -0.39 is 0 Å². The minimum absolute atomic E-state index is 0.132. The van der Waals surface area contributed by atoms with Gasteiger partial charge in [0.05, 0.1) is 3.58 Å². The molecule has 0 atom stereocenters. The van der Waals surface area contributed by atoms with Gasteiger partial charge in [0.1, 0.15) is 0 Å². The van der Waals surface area contributed by atoms with Gasteiger partial charge >= 0.3 is 0 Å². The van der Waals surface area contributed by atoms with E-state index in [-0.39, 0.29) is 5.41 Å². The molecular weight excluding hydrogens is 313 g/mol. The minimum Gasteiger partial charge on any atom is -0.385 e. The van der Waals surface area contributed by atoms with Gasteiger partial charge in [0.15, 0.2) is 5.78 Å². The summed E-state index contributed by atoms with van der Waals surface area (Å²) >= 11 is 2.22. The molecule has 2 aliphatic rings. The summed E-state index contributed by atoms with van der Waals surface area (Å²) in [6, 6.07) is 0.612. The molecule has 0 unspecified atom stereocenters. The van der Waals surface area contributed by atoms with Crippen molar-refractivity contribution in [1.82, 2.24) is 5.32 Å². The molecule has 0 radical (unpaired) electrons. The van der Waals surface area contributed by atoms with E-state index in [1.54, 1.807) is 0 Å². The van der Waals surface area contributed by atoms with Crippen molar-refractivity contribution >= 4 is 28.4 Å². The minimum atomic E-state index is 0.132. The van der Waals surface area contributed by atoms with Crippen LogP contribution in [0.4, 0.5) is 0 Å². The van der Waals surface area contributed by atoms with Crippen LogP contribution >= 0.6 is 22.6 Å². The van der Waals surface area contributed by atoms with Crippen LogP contribution < -0.4 is 5.32 Å². The van der Waals surface area contributed by atoms with Crippen molar-refractivity contribution in [2.24, 2.45) is 5.41 Å². The third-order valence-corrected chi connectivity index (χ3v) is 4.79. The predicted octanol–water partition coefficient (Wildman–Crippen LogP) is 3.55. The summed E-state index contributed by atoms with van der Waals surface area (Å²) in [7, 11) is 0. The molecule has 0 aliphatic heterocycles. The molecule has 0 saturated heterocycles. The molecule has 2 nitrogen and oxygen atoms in total. The molecule has 1 N–H and O–H groups in total. The van der Waals surface area contributed by atoms with Crippen LogP contribution in [0.5, 0.6) is 0 Å². The van der Waals surface area contributed by atoms with Crippen LogP contribution in [-0.4, -0.2) is 11.8 Å². The van der Waals surface area contributed by atoms with E-state index in [9.17, 15) is 4.79 Å². The highest BCUT2D eigenvalue weighted by Gasteiger charge is 2.32. The second-order valence-electron chi connectivity index (χ2n) is 5.86. The largest absolute Gasteiger partial charge is 0.385 e. The van der Waals surface area contributed by atoms with Gasteiger partial charge < -0.3 is 5.32 Å². The fraction of sp³-hybridized carbons (Fsp3) is 0.769. The third-order valence-electron chi connectivity index (χ3n) is 3.54. The summed E-state index contributed by atoms with van der Waals surface area (Å²) in [4.78, 5) is 11.9. The van der Waals surface area contributed by atoms with Gasteiger partial charge in [-0.2, -0.15) is 0 Å². The Morgan fingerprint density at radius 1 is 1.25 bits per heavy atom. The van der Waals surface area contributed by atoms with Gasteiger partial charge in [-0.3, -0.25) is 4.79 Å². The Bertz CT molecular complexity index is 327. The van der Waals surface area contributed by atoms with Crippen LogP contribution in [0, 0.1) is 5.41 Å². The molecule has 16 heavy (non-hydrogen) atoms. The monoisotopic (exact) mass is 333 g/mol. The van der Waals surface area contributed by atoms with Crippen LogP contribution in [-0.2, 0) is 4.79 Å². The van der Waals surface area contributed by atoms with Crippen molar-refractivity contribution in [3.63, 3.8) is 0 Å². The molecule has 1 saturated carbocycles. The Morgan fingerprint density at radius 2 is 1.88 bits per heavy atom. The van der Waals surface area contributed by atoms with Gasteiger partial charge in [0.2, 0.25) is 0 Å². The van der Waals surface area contributed by atoms with Crippen molar-refractivity contribution < 1.29 is 4.79 Å². The van der Waals surface area contributed by atoms with Crippen LogP contribution in [0.1, 0.15) is 52.4 Å². The molecule has 0 spiro atoms. The SMILES string of the molecule is CC1(C)CC(=O)C(I)=C(NC2CCCC2)C1. The highest BCUT2D eigenvalue weighted by molar-refractivity contribution is 14.1. The lowest BCUT2D eigenvalue weighted by atomic mass is 9.79. The molecule has 2 rings (SSSR count). The molecule has 0 amide bonds. The smallest absolute Gasteiger partial charge is 0.171 e. The van der Waals surface area contributed by atoms with Crippen molar-refractivity contribution in [1.29, 1.82) is 0 Å². The zero-order valence-electron chi connectivity index (χ0n) is 10.1. The maximum Gasteiger partial charge on any atom is 0.171 e. The molecule has 2 aliphatic carbocycles. The standard InChI is InChI=1S/C13H20INO/c1-13(2)7-10(12(14)11(16)8-13)15-9-5-3-4-6-9/h9,15H,3-8H2,1-2H3. The van der Waals surface area contributed by atoms with E-state index in [2.05, 4.69) is 41.8 Å². The van der Waals surface area contributed by atoms with E-state index in [0.29, 0.717) is 18.2 Å². The van der Waals surface area contributed by atoms with E-state index >= 15 is 0 Å². The number of carbonyl (C=O) groups excluding carboxylic acids is 1. The average molecular weight is 333 g/mol. The first kappa shape index (κ1) is 12.4. The molecule has 3 heteroatoms. The topological polar surface area (TPSA) is 29.1 Å². The molecular formula is C13H20INO. The molecule has 0 aromatic heterocycles. The number of rotatable bonds is 2. The molecule has 0 aromatic carbocycles. The van der Waals surface area contributed by atoms with E-state index in [4.69, 9.17) is 0 Å². The quantitative estimate of drug-likeness (QED) is 0.783. The second-order valence-corrected chi connectivity index (χ2v) is 6.94. The molecule has 0 aromatic rings. The number of allylic oxidation sites excluding steroid dienone is 2. The Morgan fingerprint density at radius 3 is 2.50 bits per heavy atom. The van der Waals surface area contributed by atoms with Gasteiger partial charge in [0.25, 0.3) is 0 Å². The van der Waals surface area contributed by atoms with Crippen molar-refractivity contribution in [2.75, 3.05) is 0 Å². The lowest BCUT2D eigenvalue weighted by molar-refractivity contribution is -0.117. The fourth-order valence-electron chi connectivity index (χ4n) is 2.73. The first-order chi connectivity index (χ1) is 7.48. The van der Waals surface area contributed by atoms with Gasteiger partial charge in [-0.15, -0.1) is 0 Å². The van der Waals surface area contributed by atoms with Gasteiger partial charge in [-0.1, -0.05) is 26.7 Å². The van der Waals surface area contributed by atoms with Crippen LogP contribution in [0.2, 0.25) is 0 Å². The average Bonchev–Trinajstić information content (AvgIpc) is 2.65. The number of Topliss-reactive ketones (excluding diaryl/α,β-unsaturated/α-hetero) is 1. The number of halogens is 1. The zero-order valence-corrected chi connectivity index (χ0v) is 12.3. The zero-order chi connectivity index (χ0) is 11.8. The normalized spacial score (nSPS) is 26.3. The molecule has 1 fully saturated rings. The Balaban J connectivity index is 2.10. The summed E-state index contributed by atoms with van der Waals surface area (Å²) in [6.07, 6.45) is 6.91. The van der Waals surface area contributed by atoms with E-state index in [1.807, 2.05) is 0 Å². The van der Waals surface area contributed by atoms with Crippen molar-refractivity contribution in [3.05, 3.63) is 9.28 Å². The van der Waals surface area contributed by atoms with Crippen molar-refractivity contribution in [3.8, 4) is 0 Å². The molecule has 0 heterocycles. The van der Waals surface area contributed by atoms with E-state index in [0.717, 1.165) is 10.0 Å². The highest BCUT2D eigenvalue weighted by atomic mass is 127. The third kappa shape index (κ3) is 2.79. The number of ketones is 1.